The monoisotopic (exact) mass is 425 g/mol. The van der Waals surface area contributed by atoms with E-state index in [1.54, 1.807) is 31.8 Å². The minimum absolute atomic E-state index is 0.0318. The van der Waals surface area contributed by atoms with Gasteiger partial charge in [0.25, 0.3) is 5.91 Å². The van der Waals surface area contributed by atoms with Gasteiger partial charge in [0.2, 0.25) is 10.0 Å². The van der Waals surface area contributed by atoms with Crippen LogP contribution in [0.3, 0.4) is 0 Å². The van der Waals surface area contributed by atoms with Crippen LogP contribution in [0.15, 0.2) is 59.4 Å². The molecule has 9 heteroatoms. The zero-order valence-corrected chi connectivity index (χ0v) is 17.1. The molecule has 2 N–H and O–H groups in total. The second-order valence-corrected chi connectivity index (χ2v) is 8.54. The molecule has 30 heavy (non-hydrogen) atoms. The van der Waals surface area contributed by atoms with Crippen molar-refractivity contribution in [3.63, 3.8) is 0 Å². The van der Waals surface area contributed by atoms with Crippen LogP contribution >= 0.6 is 0 Å². The van der Waals surface area contributed by atoms with Gasteiger partial charge >= 0.3 is 0 Å². The first-order valence-electron chi connectivity index (χ1n) is 9.03. The Morgan fingerprint density at radius 3 is 2.77 bits per heavy atom. The van der Waals surface area contributed by atoms with Crippen LogP contribution < -0.4 is 9.46 Å². The molecule has 0 aliphatic heterocycles. The number of hydrogen-bond donors (Lipinski definition) is 2. The predicted molar refractivity (Wildman–Crippen MR) is 112 cm³/mol. The smallest absolute Gasteiger partial charge is 0.283 e. The minimum atomic E-state index is -3.67. The largest absolute Gasteiger partial charge is 0.497 e. The van der Waals surface area contributed by atoms with Crippen LogP contribution in [0.4, 0.5) is 0 Å². The summed E-state index contributed by atoms with van der Waals surface area (Å²) in [4.78, 5) is 19.9. The fourth-order valence-corrected chi connectivity index (χ4v) is 3.75. The number of amides is 1. The fourth-order valence-electron chi connectivity index (χ4n) is 3.30. The highest BCUT2D eigenvalue weighted by atomic mass is 32.2. The number of aromatic nitrogens is 2. The van der Waals surface area contributed by atoms with Crippen LogP contribution in [-0.2, 0) is 16.4 Å². The van der Waals surface area contributed by atoms with Crippen LogP contribution in [0, 0.1) is 0 Å². The molecule has 0 radical (unpaired) electrons. The van der Waals surface area contributed by atoms with Crippen LogP contribution in [0.1, 0.15) is 21.7 Å². The molecule has 4 rings (SSSR count). The summed E-state index contributed by atoms with van der Waals surface area (Å²) in [6.45, 7) is 0. The lowest BCUT2D eigenvalue weighted by molar-refractivity contribution is 0.0976. The Morgan fingerprint density at radius 1 is 1.23 bits per heavy atom. The first kappa shape index (κ1) is 19.7. The Bertz CT molecular complexity index is 1320. The van der Waals surface area contributed by atoms with Crippen molar-refractivity contribution in [3.05, 3.63) is 71.9 Å². The lowest BCUT2D eigenvalue weighted by atomic mass is 10.0. The average Bonchev–Trinajstić information content (AvgIpc) is 3.35. The number of rotatable bonds is 6. The number of benzene rings is 1. The Balaban J connectivity index is 1.76. The molecule has 0 unspecified atom stereocenters. The highest BCUT2D eigenvalue weighted by Crippen LogP contribution is 2.34. The molecule has 3 heterocycles. The van der Waals surface area contributed by atoms with Crippen LogP contribution in [0.25, 0.3) is 22.2 Å². The van der Waals surface area contributed by atoms with Crippen molar-refractivity contribution in [1.82, 2.24) is 14.7 Å². The van der Waals surface area contributed by atoms with Crippen LogP contribution in [0.5, 0.6) is 5.75 Å². The molecule has 154 valence electrons. The van der Waals surface area contributed by atoms with E-state index in [0.717, 1.165) is 39.7 Å². The van der Waals surface area contributed by atoms with Crippen molar-refractivity contribution in [1.29, 1.82) is 0 Å². The van der Waals surface area contributed by atoms with E-state index in [1.165, 1.54) is 6.07 Å². The molecular formula is C21H19N3O5S. The van der Waals surface area contributed by atoms with Crippen molar-refractivity contribution < 1.29 is 22.4 Å². The summed E-state index contributed by atoms with van der Waals surface area (Å²) in [6, 6.07) is 12.5. The van der Waals surface area contributed by atoms with Crippen molar-refractivity contribution in [2.24, 2.45) is 0 Å². The number of aromatic amines is 1. The highest BCUT2D eigenvalue weighted by molar-refractivity contribution is 7.89. The number of nitrogens with zero attached hydrogens (tertiary/aromatic N) is 1. The summed E-state index contributed by atoms with van der Waals surface area (Å²) in [5.41, 5.74) is 4.28. The van der Waals surface area contributed by atoms with Gasteiger partial charge in [-0.1, -0.05) is 6.07 Å². The maximum absolute atomic E-state index is 12.2. The van der Waals surface area contributed by atoms with Gasteiger partial charge in [0.1, 0.15) is 11.4 Å². The third-order valence-electron chi connectivity index (χ3n) is 4.60. The Hall–Kier alpha value is -3.59. The van der Waals surface area contributed by atoms with E-state index in [4.69, 9.17) is 9.15 Å². The summed E-state index contributed by atoms with van der Waals surface area (Å²) < 4.78 is 35.2. The number of furan rings is 1. The Labute approximate surface area is 172 Å². The zero-order chi connectivity index (χ0) is 21.3. The number of carbonyl (C=O) groups excluding carboxylic acids is 1. The van der Waals surface area contributed by atoms with Gasteiger partial charge in [-0.05, 0) is 35.9 Å². The molecule has 1 amide bonds. The number of hydrogen-bond acceptors (Lipinski definition) is 6. The van der Waals surface area contributed by atoms with E-state index < -0.39 is 15.9 Å². The van der Waals surface area contributed by atoms with Gasteiger partial charge in [-0.15, -0.1) is 0 Å². The number of nitrogens with one attached hydrogen (secondary N) is 2. The van der Waals surface area contributed by atoms with E-state index in [2.05, 4.69) is 9.97 Å². The molecule has 0 aliphatic carbocycles. The topological polar surface area (TPSA) is 114 Å². The number of fused-ring (bicyclic) bond motifs is 1. The summed E-state index contributed by atoms with van der Waals surface area (Å²) in [6.07, 6.45) is 4.59. The van der Waals surface area contributed by atoms with Crippen molar-refractivity contribution in [2.75, 3.05) is 13.4 Å². The van der Waals surface area contributed by atoms with Gasteiger partial charge in [-0.2, -0.15) is 0 Å². The average molecular weight is 425 g/mol. The third-order valence-corrected chi connectivity index (χ3v) is 5.15. The maximum Gasteiger partial charge on any atom is 0.283 e. The molecular weight excluding hydrogens is 406 g/mol. The minimum Gasteiger partial charge on any atom is -0.497 e. The van der Waals surface area contributed by atoms with E-state index in [0.29, 0.717) is 12.1 Å². The van der Waals surface area contributed by atoms with Crippen LogP contribution in [0.2, 0.25) is 0 Å². The van der Waals surface area contributed by atoms with Gasteiger partial charge in [0.15, 0.2) is 0 Å². The normalized spacial score (nSPS) is 11.5. The lowest BCUT2D eigenvalue weighted by Gasteiger charge is -2.07. The standard InChI is InChI=1S/C21H19N3O5S/c1-28-15-6-7-16-17(20(23-19(16)11-15)13-8-9-29-12-13)10-14-4-3-5-18(22-14)21(25)24-30(2,26)27/h3-9,11-12,23H,10H2,1-2H3,(H,24,25). The summed E-state index contributed by atoms with van der Waals surface area (Å²) in [5.74, 6) is -0.0373. The molecule has 0 spiro atoms. The van der Waals surface area contributed by atoms with E-state index in [1.807, 2.05) is 29.0 Å². The van der Waals surface area contributed by atoms with E-state index in [9.17, 15) is 13.2 Å². The molecule has 8 nitrogen and oxygen atoms in total. The molecule has 0 fully saturated rings. The third kappa shape index (κ3) is 4.06. The molecule has 0 saturated heterocycles. The molecule has 0 atom stereocenters. The van der Waals surface area contributed by atoms with Gasteiger partial charge in [-0.25, -0.2) is 18.1 Å². The number of sulfonamides is 1. The number of ether oxygens (including phenoxy) is 1. The number of carbonyl (C=O) groups is 1. The fraction of sp³-hybridized carbons (Fsp3) is 0.143. The highest BCUT2D eigenvalue weighted by Gasteiger charge is 2.17. The number of methoxy groups -OCH3 is 1. The van der Waals surface area contributed by atoms with Gasteiger partial charge in [0.05, 0.1) is 31.6 Å². The van der Waals surface area contributed by atoms with Gasteiger partial charge in [-0.3, -0.25) is 4.79 Å². The molecule has 4 aromatic rings. The van der Waals surface area contributed by atoms with Crippen molar-refractivity contribution in [2.45, 2.75) is 6.42 Å². The van der Waals surface area contributed by atoms with E-state index >= 15 is 0 Å². The molecule has 1 aromatic carbocycles. The Kier molecular flexibility index (Phi) is 5.04. The second-order valence-electron chi connectivity index (χ2n) is 6.80. The summed E-state index contributed by atoms with van der Waals surface area (Å²) in [5, 5.41) is 0.986. The van der Waals surface area contributed by atoms with Crippen molar-refractivity contribution >= 4 is 26.8 Å². The van der Waals surface area contributed by atoms with E-state index in [-0.39, 0.29) is 5.69 Å². The molecule has 0 saturated carbocycles. The zero-order valence-electron chi connectivity index (χ0n) is 16.3. The number of H-pyrrole nitrogens is 1. The summed E-state index contributed by atoms with van der Waals surface area (Å²) >= 11 is 0. The molecule has 0 aliphatic rings. The molecule has 3 aromatic heterocycles. The first-order chi connectivity index (χ1) is 14.3. The Morgan fingerprint density at radius 2 is 2.07 bits per heavy atom. The number of pyridine rings is 1. The second kappa shape index (κ2) is 7.68. The van der Waals surface area contributed by atoms with Crippen molar-refractivity contribution in [3.8, 4) is 17.0 Å². The predicted octanol–water partition coefficient (Wildman–Crippen LogP) is 3.11. The van der Waals surface area contributed by atoms with Gasteiger partial charge in [0, 0.05) is 34.6 Å². The summed E-state index contributed by atoms with van der Waals surface area (Å²) in [7, 11) is -2.06. The van der Waals surface area contributed by atoms with Crippen LogP contribution in [-0.4, -0.2) is 37.7 Å². The quantitative estimate of drug-likeness (QED) is 0.491. The SMILES string of the molecule is COc1ccc2c(Cc3cccc(C(=O)NS(C)(=O)=O)n3)c(-c3ccoc3)[nH]c2c1. The molecule has 0 bridgehead atoms. The first-order valence-corrected chi connectivity index (χ1v) is 10.9. The maximum atomic E-state index is 12.2. The lowest BCUT2D eigenvalue weighted by Crippen LogP contribution is -2.30. The van der Waals surface area contributed by atoms with Gasteiger partial charge < -0.3 is 14.1 Å².